The fraction of sp³-hybridized carbons (Fsp3) is 0.667. The molecule has 4 nitrogen and oxygen atoms in total. The Morgan fingerprint density at radius 2 is 2.20 bits per heavy atom. The Bertz CT molecular complexity index is 187. The molecule has 1 heterocycles. The molecule has 0 aromatic carbocycles. The first-order chi connectivity index (χ1) is 4.58. The summed E-state index contributed by atoms with van der Waals surface area (Å²) in [6.45, 7) is 5.86. The van der Waals surface area contributed by atoms with Crippen LogP contribution in [0.4, 0.5) is 0 Å². The van der Waals surface area contributed by atoms with Gasteiger partial charge < -0.3 is 4.74 Å². The maximum atomic E-state index is 5.31. The van der Waals surface area contributed by atoms with Gasteiger partial charge in [-0.1, -0.05) is 0 Å². The summed E-state index contributed by atoms with van der Waals surface area (Å²) < 4.78 is 5.31. The molecule has 0 aliphatic rings. The van der Waals surface area contributed by atoms with Gasteiger partial charge in [0.25, 0.3) is 0 Å². The van der Waals surface area contributed by atoms with E-state index in [0.29, 0.717) is 6.01 Å². The molecule has 0 saturated heterocycles. The molecule has 0 aliphatic carbocycles. The molecule has 1 rings (SSSR count). The van der Waals surface area contributed by atoms with Gasteiger partial charge in [0.2, 0.25) is 0 Å². The second-order valence-corrected chi connectivity index (χ2v) is 3.01. The largest absolute Gasteiger partial charge is 0.458 e. The van der Waals surface area contributed by atoms with E-state index in [1.165, 1.54) is 6.33 Å². The maximum Gasteiger partial charge on any atom is 0.312 e. The Balaban J connectivity index is 2.57. The van der Waals surface area contributed by atoms with E-state index in [4.69, 9.17) is 4.74 Å². The average Bonchev–Trinajstić information content (AvgIpc) is 2.12. The van der Waals surface area contributed by atoms with Crippen molar-refractivity contribution >= 4 is 0 Å². The third-order valence-electron chi connectivity index (χ3n) is 0.796. The van der Waals surface area contributed by atoms with Gasteiger partial charge in [-0.25, -0.2) is 5.10 Å². The number of aromatic nitrogens is 3. The molecule has 4 heteroatoms. The van der Waals surface area contributed by atoms with E-state index in [9.17, 15) is 0 Å². The molecular weight excluding hydrogens is 130 g/mol. The van der Waals surface area contributed by atoms with Crippen molar-refractivity contribution in [3.05, 3.63) is 6.33 Å². The molecule has 0 aliphatic heterocycles. The van der Waals surface area contributed by atoms with Crippen LogP contribution in [0.5, 0.6) is 6.01 Å². The van der Waals surface area contributed by atoms with Gasteiger partial charge in [-0.15, -0.1) is 0 Å². The minimum absolute atomic E-state index is 0.209. The van der Waals surface area contributed by atoms with Crippen LogP contribution < -0.4 is 4.74 Å². The van der Waals surface area contributed by atoms with Gasteiger partial charge in [0.05, 0.1) is 0 Å². The highest BCUT2D eigenvalue weighted by atomic mass is 16.5. The van der Waals surface area contributed by atoms with Crippen molar-refractivity contribution < 1.29 is 4.74 Å². The predicted octanol–water partition coefficient (Wildman–Crippen LogP) is 0.982. The van der Waals surface area contributed by atoms with E-state index in [-0.39, 0.29) is 5.60 Å². The van der Waals surface area contributed by atoms with Crippen LogP contribution in [-0.2, 0) is 0 Å². The van der Waals surface area contributed by atoms with Crippen molar-refractivity contribution in [1.82, 2.24) is 15.2 Å². The predicted molar refractivity (Wildman–Crippen MR) is 36.8 cm³/mol. The molecule has 0 bridgehead atoms. The molecule has 56 valence electrons. The molecule has 10 heavy (non-hydrogen) atoms. The smallest absolute Gasteiger partial charge is 0.312 e. The zero-order valence-electron chi connectivity index (χ0n) is 6.38. The van der Waals surface area contributed by atoms with Gasteiger partial charge in [-0.3, -0.25) is 0 Å². The molecule has 1 aromatic rings. The monoisotopic (exact) mass is 141 g/mol. The van der Waals surface area contributed by atoms with E-state index < -0.39 is 0 Å². The van der Waals surface area contributed by atoms with Crippen LogP contribution in [0.1, 0.15) is 20.8 Å². The quantitative estimate of drug-likeness (QED) is 0.634. The summed E-state index contributed by atoms with van der Waals surface area (Å²) in [5, 5.41) is 6.26. The van der Waals surface area contributed by atoms with Crippen LogP contribution in [0.15, 0.2) is 6.33 Å². The average molecular weight is 141 g/mol. The molecule has 0 spiro atoms. The van der Waals surface area contributed by atoms with Crippen LogP contribution >= 0.6 is 0 Å². The number of rotatable bonds is 1. The van der Waals surface area contributed by atoms with Crippen molar-refractivity contribution in [2.45, 2.75) is 26.4 Å². The van der Waals surface area contributed by atoms with E-state index >= 15 is 0 Å². The van der Waals surface area contributed by atoms with Crippen molar-refractivity contribution in [1.29, 1.82) is 0 Å². The summed E-state index contributed by atoms with van der Waals surface area (Å²) in [6, 6.07) is 0.465. The Hall–Kier alpha value is -1.06. The summed E-state index contributed by atoms with van der Waals surface area (Å²) in [5.41, 5.74) is -0.209. The number of H-pyrrole nitrogens is 1. The first kappa shape index (κ1) is 7.05. The molecule has 0 atom stereocenters. The van der Waals surface area contributed by atoms with Gasteiger partial charge in [0.15, 0.2) is 0 Å². The van der Waals surface area contributed by atoms with Crippen LogP contribution in [0, 0.1) is 0 Å². The lowest BCUT2D eigenvalue weighted by Gasteiger charge is -2.17. The lowest BCUT2D eigenvalue weighted by Crippen LogP contribution is -2.23. The number of aromatic amines is 1. The van der Waals surface area contributed by atoms with Gasteiger partial charge in [-0.2, -0.15) is 10.1 Å². The molecule has 0 amide bonds. The number of hydrogen-bond donors (Lipinski definition) is 1. The standard InChI is InChI=1S/C6H11N3O/c1-6(2,3)10-5-7-4-8-9-5/h4H,1-3H3,(H,7,8,9). The Kier molecular flexibility index (Phi) is 1.61. The van der Waals surface area contributed by atoms with Crippen molar-refractivity contribution in [2.24, 2.45) is 0 Å². The molecule has 0 saturated carbocycles. The Morgan fingerprint density at radius 1 is 1.50 bits per heavy atom. The number of nitrogens with zero attached hydrogens (tertiary/aromatic N) is 2. The second-order valence-electron chi connectivity index (χ2n) is 3.01. The normalized spacial score (nSPS) is 11.5. The highest BCUT2D eigenvalue weighted by molar-refractivity contribution is 4.88. The van der Waals surface area contributed by atoms with Gasteiger partial charge >= 0.3 is 6.01 Å². The summed E-state index contributed by atoms with van der Waals surface area (Å²) in [6.07, 6.45) is 1.42. The summed E-state index contributed by atoms with van der Waals surface area (Å²) in [5.74, 6) is 0. The number of nitrogens with one attached hydrogen (secondary N) is 1. The Morgan fingerprint density at radius 3 is 2.60 bits per heavy atom. The van der Waals surface area contributed by atoms with E-state index in [1.807, 2.05) is 20.8 Å². The van der Waals surface area contributed by atoms with Crippen LogP contribution in [0.3, 0.4) is 0 Å². The van der Waals surface area contributed by atoms with Crippen LogP contribution in [0.2, 0.25) is 0 Å². The fourth-order valence-electron chi connectivity index (χ4n) is 0.533. The molecule has 1 N–H and O–H groups in total. The summed E-state index contributed by atoms with van der Waals surface area (Å²) in [4.78, 5) is 3.81. The number of hydrogen-bond acceptors (Lipinski definition) is 3. The first-order valence-electron chi connectivity index (χ1n) is 3.12. The van der Waals surface area contributed by atoms with Gasteiger partial charge in [-0.05, 0) is 20.8 Å². The summed E-state index contributed by atoms with van der Waals surface area (Å²) in [7, 11) is 0. The third-order valence-corrected chi connectivity index (χ3v) is 0.796. The van der Waals surface area contributed by atoms with E-state index in [2.05, 4.69) is 15.2 Å². The SMILES string of the molecule is CC(C)(C)Oc1ncn[nH]1. The lowest BCUT2D eigenvalue weighted by molar-refractivity contribution is 0.117. The minimum Gasteiger partial charge on any atom is -0.458 e. The van der Waals surface area contributed by atoms with Gasteiger partial charge in [0.1, 0.15) is 11.9 Å². The zero-order valence-corrected chi connectivity index (χ0v) is 6.38. The number of ether oxygens (including phenoxy) is 1. The molecule has 0 unspecified atom stereocenters. The topological polar surface area (TPSA) is 50.8 Å². The summed E-state index contributed by atoms with van der Waals surface area (Å²) >= 11 is 0. The van der Waals surface area contributed by atoms with E-state index in [0.717, 1.165) is 0 Å². The Labute approximate surface area is 59.6 Å². The zero-order chi connectivity index (χ0) is 7.61. The van der Waals surface area contributed by atoms with Crippen molar-refractivity contribution in [2.75, 3.05) is 0 Å². The van der Waals surface area contributed by atoms with Crippen molar-refractivity contribution in [3.8, 4) is 6.01 Å². The van der Waals surface area contributed by atoms with Crippen LogP contribution in [0.25, 0.3) is 0 Å². The molecule has 1 aromatic heterocycles. The highest BCUT2D eigenvalue weighted by Gasteiger charge is 2.12. The highest BCUT2D eigenvalue weighted by Crippen LogP contribution is 2.09. The first-order valence-corrected chi connectivity index (χ1v) is 3.12. The third kappa shape index (κ3) is 2.05. The molecule has 0 radical (unpaired) electrons. The second kappa shape index (κ2) is 2.28. The van der Waals surface area contributed by atoms with E-state index in [1.54, 1.807) is 0 Å². The minimum atomic E-state index is -0.209. The fourth-order valence-corrected chi connectivity index (χ4v) is 0.533. The van der Waals surface area contributed by atoms with Gasteiger partial charge in [0, 0.05) is 0 Å². The maximum absolute atomic E-state index is 5.31. The lowest BCUT2D eigenvalue weighted by atomic mass is 10.2. The van der Waals surface area contributed by atoms with Crippen LogP contribution in [-0.4, -0.2) is 20.8 Å². The van der Waals surface area contributed by atoms with Crippen molar-refractivity contribution in [3.63, 3.8) is 0 Å². The molecular formula is C6H11N3O. The molecule has 0 fully saturated rings.